The highest BCUT2D eigenvalue weighted by molar-refractivity contribution is 5.74. The van der Waals surface area contributed by atoms with Crippen molar-refractivity contribution in [2.45, 2.75) is 43.4 Å². The second-order valence-electron chi connectivity index (χ2n) is 8.65. The number of nitrogens with one attached hydrogen (secondary N) is 1. The van der Waals surface area contributed by atoms with E-state index in [9.17, 15) is 18.7 Å². The summed E-state index contributed by atoms with van der Waals surface area (Å²) in [7, 11) is 0. The molecule has 2 N–H and O–H groups in total. The largest absolute Gasteiger partial charge is 0.490 e. The van der Waals surface area contributed by atoms with Crippen molar-refractivity contribution in [3.63, 3.8) is 0 Å². The second-order valence-corrected chi connectivity index (χ2v) is 8.65. The Labute approximate surface area is 176 Å². The van der Waals surface area contributed by atoms with Crippen LogP contribution in [-0.4, -0.2) is 53.1 Å². The summed E-state index contributed by atoms with van der Waals surface area (Å²) < 4.78 is 40.1. The van der Waals surface area contributed by atoms with Gasteiger partial charge in [-0.15, -0.1) is 0 Å². The molecular weight excluding hydrogens is 410 g/mol. The number of cyclic esters (lactones) is 1. The second kappa shape index (κ2) is 6.03. The number of ether oxygens (including phenoxy) is 2. The molecule has 1 aliphatic carbocycles. The van der Waals surface area contributed by atoms with E-state index in [1.54, 1.807) is 17.0 Å². The number of aromatic nitrogens is 2. The zero-order valence-corrected chi connectivity index (χ0v) is 16.7. The fourth-order valence-electron chi connectivity index (χ4n) is 4.78. The number of anilines is 1. The Morgan fingerprint density at radius 2 is 2.06 bits per heavy atom. The number of fused-ring (bicyclic) bond motifs is 3. The summed E-state index contributed by atoms with van der Waals surface area (Å²) in [4.78, 5) is 22.1. The summed E-state index contributed by atoms with van der Waals surface area (Å²) in [6.07, 6.45) is -1.15. The number of β-amino-alcohol motifs (C(OH)–C–C–N with tert-alkyl or cyclic N) is 1. The third-order valence-corrected chi connectivity index (χ3v) is 6.76. The van der Waals surface area contributed by atoms with Crippen LogP contribution < -0.4 is 15.0 Å². The van der Waals surface area contributed by atoms with Crippen molar-refractivity contribution in [1.29, 1.82) is 0 Å². The lowest BCUT2D eigenvalue weighted by Crippen LogP contribution is -2.59. The van der Waals surface area contributed by atoms with Crippen LogP contribution in [0.2, 0.25) is 0 Å². The number of hydrogen-bond donors (Lipinski definition) is 2. The lowest BCUT2D eigenvalue weighted by Gasteiger charge is -2.43. The molecule has 1 spiro atoms. The number of hydrogen-bond acceptors (Lipinski definition) is 7. The molecule has 31 heavy (non-hydrogen) atoms. The van der Waals surface area contributed by atoms with E-state index in [-0.39, 0.29) is 43.7 Å². The van der Waals surface area contributed by atoms with E-state index < -0.39 is 23.7 Å². The zero-order valence-electron chi connectivity index (χ0n) is 16.7. The van der Waals surface area contributed by atoms with Crippen LogP contribution in [0.3, 0.4) is 0 Å². The maximum atomic E-state index is 14.6. The van der Waals surface area contributed by atoms with Gasteiger partial charge in [-0.25, -0.2) is 14.8 Å². The van der Waals surface area contributed by atoms with Crippen LogP contribution in [0, 0.1) is 0 Å². The molecule has 8 nitrogen and oxygen atoms in total. The normalized spacial score (nSPS) is 29.8. The predicted octanol–water partition coefficient (Wildman–Crippen LogP) is 2.08. The molecule has 0 bridgehead atoms. The molecule has 2 fully saturated rings. The molecule has 0 saturated carbocycles. The number of rotatable bonds is 2. The van der Waals surface area contributed by atoms with Crippen LogP contribution in [0.15, 0.2) is 18.2 Å². The molecule has 4 aliphatic rings. The molecule has 2 aromatic rings. The smallest absolute Gasteiger partial charge is 0.408 e. The number of aliphatic hydroxyl groups is 1. The van der Waals surface area contributed by atoms with E-state index in [2.05, 4.69) is 15.3 Å². The first-order valence-corrected chi connectivity index (χ1v) is 10.2. The maximum absolute atomic E-state index is 14.6. The highest BCUT2D eigenvalue weighted by atomic mass is 19.3. The SMILES string of the molecule is C[C@H]1[C@H](O)CN1c1nc(-c2ccc3c(c2)OC[C@@]32COC(=O)N2)c2c(n1)C(F)(F)CC2. The molecule has 6 rings (SSSR count). The summed E-state index contributed by atoms with van der Waals surface area (Å²) in [5, 5.41) is 12.7. The van der Waals surface area contributed by atoms with Crippen molar-refractivity contribution in [3.05, 3.63) is 35.0 Å². The Hall–Kier alpha value is -3.01. The number of carbonyl (C=O) groups excluding carboxylic acids is 1. The number of alkyl halides is 2. The first-order valence-electron chi connectivity index (χ1n) is 10.2. The molecule has 1 aromatic heterocycles. The Morgan fingerprint density at radius 3 is 2.77 bits per heavy atom. The standard InChI is InChI=1S/C21H20F2N4O4/c1-10-14(28)7-27(10)18-24-16(12-4-5-21(22,23)17(12)25-18)11-2-3-13-15(6-11)30-8-20(13)9-31-19(29)26-20/h2-3,6,10,14,28H,4-5,7-9H2,1H3,(H,26,29)/t10-,14+,20+/m0/s1. The number of aliphatic hydroxyl groups excluding tert-OH is 1. The van der Waals surface area contributed by atoms with E-state index in [0.29, 0.717) is 29.1 Å². The minimum atomic E-state index is -3.02. The van der Waals surface area contributed by atoms with Crippen molar-refractivity contribution in [3.8, 4) is 17.0 Å². The molecule has 3 aliphatic heterocycles. The number of nitrogens with zero attached hydrogens (tertiary/aromatic N) is 3. The van der Waals surface area contributed by atoms with Gasteiger partial charge in [0.2, 0.25) is 5.95 Å². The average molecular weight is 430 g/mol. The number of carbonyl (C=O) groups is 1. The molecule has 10 heteroatoms. The van der Waals surface area contributed by atoms with E-state index in [0.717, 1.165) is 5.56 Å². The fourth-order valence-corrected chi connectivity index (χ4v) is 4.78. The fraction of sp³-hybridized carbons (Fsp3) is 0.476. The van der Waals surface area contributed by atoms with E-state index >= 15 is 0 Å². The van der Waals surface area contributed by atoms with Gasteiger partial charge in [0.1, 0.15) is 30.2 Å². The van der Waals surface area contributed by atoms with Crippen LogP contribution in [0.25, 0.3) is 11.3 Å². The van der Waals surface area contributed by atoms with Gasteiger partial charge in [0.15, 0.2) is 0 Å². The lowest BCUT2D eigenvalue weighted by atomic mass is 9.92. The average Bonchev–Trinajstić information content (AvgIpc) is 3.41. The number of amides is 1. The first kappa shape index (κ1) is 18.7. The van der Waals surface area contributed by atoms with Crippen molar-refractivity contribution in [2.75, 3.05) is 24.7 Å². The van der Waals surface area contributed by atoms with E-state index in [1.807, 2.05) is 13.0 Å². The van der Waals surface area contributed by atoms with Gasteiger partial charge in [0.05, 0.1) is 17.8 Å². The van der Waals surface area contributed by atoms with Crippen LogP contribution in [0.1, 0.15) is 30.2 Å². The minimum absolute atomic E-state index is 0.173. The van der Waals surface area contributed by atoms with Gasteiger partial charge < -0.3 is 24.8 Å². The first-order chi connectivity index (χ1) is 14.8. The molecule has 0 radical (unpaired) electrons. The molecule has 3 atom stereocenters. The predicted molar refractivity (Wildman–Crippen MR) is 104 cm³/mol. The Balaban J connectivity index is 1.45. The summed E-state index contributed by atoms with van der Waals surface area (Å²) in [5.41, 5.74) is 1.36. The van der Waals surface area contributed by atoms with Gasteiger partial charge in [-0.2, -0.15) is 8.78 Å². The molecular formula is C21H20F2N4O4. The maximum Gasteiger partial charge on any atom is 0.408 e. The number of alkyl carbamates (subject to hydrolysis) is 1. The number of benzene rings is 1. The highest BCUT2D eigenvalue weighted by Gasteiger charge is 2.48. The van der Waals surface area contributed by atoms with Crippen molar-refractivity contribution in [1.82, 2.24) is 15.3 Å². The van der Waals surface area contributed by atoms with Crippen molar-refractivity contribution in [2.24, 2.45) is 0 Å². The minimum Gasteiger partial charge on any atom is -0.490 e. The van der Waals surface area contributed by atoms with Gasteiger partial charge >= 0.3 is 6.09 Å². The summed E-state index contributed by atoms with van der Waals surface area (Å²) in [5.74, 6) is -2.26. The van der Waals surface area contributed by atoms with Gasteiger partial charge in [-0.1, -0.05) is 12.1 Å². The van der Waals surface area contributed by atoms with Gasteiger partial charge in [0, 0.05) is 29.7 Å². The third kappa shape index (κ3) is 2.57. The van der Waals surface area contributed by atoms with Crippen LogP contribution in [0.5, 0.6) is 5.75 Å². The monoisotopic (exact) mass is 430 g/mol. The summed E-state index contributed by atoms with van der Waals surface area (Å²) in [6, 6.07) is 5.15. The summed E-state index contributed by atoms with van der Waals surface area (Å²) in [6.45, 7) is 2.53. The van der Waals surface area contributed by atoms with E-state index in [4.69, 9.17) is 9.47 Å². The van der Waals surface area contributed by atoms with Crippen molar-refractivity contribution < 1.29 is 28.2 Å². The van der Waals surface area contributed by atoms with Crippen LogP contribution in [0.4, 0.5) is 19.5 Å². The third-order valence-electron chi connectivity index (χ3n) is 6.76. The highest BCUT2D eigenvalue weighted by Crippen LogP contribution is 2.47. The zero-order chi connectivity index (χ0) is 21.5. The molecule has 4 heterocycles. The molecule has 162 valence electrons. The topological polar surface area (TPSA) is 96.8 Å². The van der Waals surface area contributed by atoms with E-state index in [1.165, 1.54) is 0 Å². The van der Waals surface area contributed by atoms with Crippen LogP contribution in [-0.2, 0) is 22.6 Å². The van der Waals surface area contributed by atoms with Gasteiger partial charge in [-0.3, -0.25) is 0 Å². The van der Waals surface area contributed by atoms with Crippen molar-refractivity contribution >= 4 is 12.0 Å². The number of halogens is 2. The Morgan fingerprint density at radius 1 is 1.26 bits per heavy atom. The summed E-state index contributed by atoms with van der Waals surface area (Å²) >= 11 is 0. The Bertz CT molecular complexity index is 1130. The molecule has 1 amide bonds. The van der Waals surface area contributed by atoms with Gasteiger partial charge in [0.25, 0.3) is 5.92 Å². The molecule has 1 aromatic carbocycles. The molecule has 2 saturated heterocycles. The molecule has 0 unspecified atom stereocenters. The quantitative estimate of drug-likeness (QED) is 0.753. The lowest BCUT2D eigenvalue weighted by molar-refractivity contribution is -0.00603. The van der Waals surface area contributed by atoms with Crippen LogP contribution >= 0.6 is 0 Å². The van der Waals surface area contributed by atoms with Gasteiger partial charge in [-0.05, 0) is 19.4 Å². The Kier molecular flexibility index (Phi) is 3.64.